The van der Waals surface area contributed by atoms with Gasteiger partial charge in [-0.05, 0) is 38.1 Å². The van der Waals surface area contributed by atoms with Crippen LogP contribution in [0.2, 0.25) is 0 Å². The van der Waals surface area contributed by atoms with Gasteiger partial charge in [0.15, 0.2) is 0 Å². The van der Waals surface area contributed by atoms with Gasteiger partial charge in [0.2, 0.25) is 11.7 Å². The van der Waals surface area contributed by atoms with Crippen molar-refractivity contribution in [3.05, 3.63) is 30.0 Å². The van der Waals surface area contributed by atoms with Crippen molar-refractivity contribution in [3.63, 3.8) is 0 Å². The number of benzene rings is 1. The van der Waals surface area contributed by atoms with E-state index in [0.717, 1.165) is 38.0 Å². The zero-order valence-electron chi connectivity index (χ0n) is 15.4. The average Bonchev–Trinajstić information content (AvgIpc) is 3.38. The van der Waals surface area contributed by atoms with E-state index in [1.807, 2.05) is 0 Å². The van der Waals surface area contributed by atoms with Gasteiger partial charge in [-0.1, -0.05) is 5.16 Å². The Morgan fingerprint density at radius 3 is 3.04 bits per heavy atom. The molecule has 0 aliphatic carbocycles. The average molecular weight is 388 g/mol. The molecule has 3 heterocycles. The van der Waals surface area contributed by atoms with Crippen LogP contribution in [-0.4, -0.2) is 64.6 Å². The fourth-order valence-corrected chi connectivity index (χ4v) is 3.51. The summed E-state index contributed by atoms with van der Waals surface area (Å²) in [6, 6.07) is 3.00. The minimum absolute atomic E-state index is 0.137. The quantitative estimate of drug-likeness (QED) is 0.690. The SMILES string of the molecule is COC(=O)NCCN1CCC(c2nc(-c3c(F)ccc4[nH]ncc34)no2)CC1. The van der Waals surface area contributed by atoms with Crippen LogP contribution in [0.4, 0.5) is 9.18 Å². The molecule has 4 rings (SSSR count). The van der Waals surface area contributed by atoms with Crippen molar-refractivity contribution in [1.29, 1.82) is 0 Å². The van der Waals surface area contributed by atoms with E-state index in [2.05, 4.69) is 35.3 Å². The number of aromatic nitrogens is 4. The molecule has 1 saturated heterocycles. The fourth-order valence-electron chi connectivity index (χ4n) is 3.51. The summed E-state index contributed by atoms with van der Waals surface area (Å²) < 4.78 is 24.4. The number of alkyl carbamates (subject to hydrolysis) is 1. The molecule has 3 aromatic rings. The Balaban J connectivity index is 1.40. The largest absolute Gasteiger partial charge is 0.453 e. The maximum atomic E-state index is 14.4. The lowest BCUT2D eigenvalue weighted by Gasteiger charge is -2.30. The topological polar surface area (TPSA) is 109 Å². The second-order valence-electron chi connectivity index (χ2n) is 6.74. The smallest absolute Gasteiger partial charge is 0.406 e. The Morgan fingerprint density at radius 2 is 2.25 bits per heavy atom. The molecular formula is C18H21FN6O3. The first-order valence-electron chi connectivity index (χ1n) is 9.15. The van der Waals surface area contributed by atoms with E-state index in [-0.39, 0.29) is 11.7 Å². The van der Waals surface area contributed by atoms with Crippen LogP contribution in [0.3, 0.4) is 0 Å². The fraction of sp³-hybridized carbons (Fsp3) is 0.444. The maximum absolute atomic E-state index is 14.4. The monoisotopic (exact) mass is 388 g/mol. The molecule has 1 amide bonds. The van der Waals surface area contributed by atoms with Crippen molar-refractivity contribution in [3.8, 4) is 11.4 Å². The summed E-state index contributed by atoms with van der Waals surface area (Å²) in [5, 5.41) is 14.1. The van der Waals surface area contributed by atoms with Crippen LogP contribution >= 0.6 is 0 Å². The molecule has 0 unspecified atom stereocenters. The van der Waals surface area contributed by atoms with Gasteiger partial charge >= 0.3 is 6.09 Å². The zero-order chi connectivity index (χ0) is 19.5. The number of halogens is 1. The second kappa shape index (κ2) is 7.93. The molecule has 0 spiro atoms. The Hall–Kier alpha value is -3.01. The summed E-state index contributed by atoms with van der Waals surface area (Å²) in [5.41, 5.74) is 1.02. The number of H-pyrrole nitrogens is 1. The number of carbonyl (C=O) groups is 1. The first-order chi connectivity index (χ1) is 13.7. The summed E-state index contributed by atoms with van der Waals surface area (Å²) in [5.74, 6) is 0.498. The van der Waals surface area contributed by atoms with Gasteiger partial charge in [0, 0.05) is 24.4 Å². The van der Waals surface area contributed by atoms with Gasteiger partial charge in [-0.15, -0.1) is 0 Å². The molecule has 0 saturated carbocycles. The van der Waals surface area contributed by atoms with Crippen molar-refractivity contribution in [2.45, 2.75) is 18.8 Å². The van der Waals surface area contributed by atoms with Crippen molar-refractivity contribution in [2.75, 3.05) is 33.3 Å². The number of amides is 1. The van der Waals surface area contributed by atoms with E-state index < -0.39 is 11.9 Å². The summed E-state index contributed by atoms with van der Waals surface area (Å²) >= 11 is 0. The number of hydrogen-bond donors (Lipinski definition) is 2. The number of fused-ring (bicyclic) bond motifs is 1. The molecule has 1 aromatic carbocycles. The number of hydrogen-bond acceptors (Lipinski definition) is 7. The van der Waals surface area contributed by atoms with Crippen molar-refractivity contribution in [1.82, 2.24) is 30.6 Å². The second-order valence-corrected chi connectivity index (χ2v) is 6.74. The Kier molecular flexibility index (Phi) is 5.20. The van der Waals surface area contributed by atoms with Crippen LogP contribution in [0.25, 0.3) is 22.3 Å². The Labute approximate surface area is 160 Å². The molecule has 1 aliphatic rings. The summed E-state index contributed by atoms with van der Waals surface area (Å²) in [7, 11) is 1.35. The van der Waals surface area contributed by atoms with Crippen LogP contribution in [-0.2, 0) is 4.74 Å². The third kappa shape index (κ3) is 3.68. The molecule has 0 atom stereocenters. The van der Waals surface area contributed by atoms with E-state index in [9.17, 15) is 9.18 Å². The van der Waals surface area contributed by atoms with Crippen LogP contribution in [0.15, 0.2) is 22.9 Å². The number of likely N-dealkylation sites (tertiary alicyclic amines) is 1. The van der Waals surface area contributed by atoms with E-state index >= 15 is 0 Å². The van der Waals surface area contributed by atoms with Crippen LogP contribution < -0.4 is 5.32 Å². The highest BCUT2D eigenvalue weighted by molar-refractivity contribution is 5.92. The number of nitrogens with zero attached hydrogens (tertiary/aromatic N) is 4. The lowest BCUT2D eigenvalue weighted by molar-refractivity contribution is 0.164. The van der Waals surface area contributed by atoms with Crippen LogP contribution in [0.5, 0.6) is 0 Å². The number of carbonyl (C=O) groups excluding carboxylic acids is 1. The van der Waals surface area contributed by atoms with Gasteiger partial charge in [-0.25, -0.2) is 9.18 Å². The maximum Gasteiger partial charge on any atom is 0.406 e. The Morgan fingerprint density at radius 1 is 1.43 bits per heavy atom. The number of ether oxygens (including phenoxy) is 1. The highest BCUT2D eigenvalue weighted by Gasteiger charge is 2.26. The van der Waals surface area contributed by atoms with Gasteiger partial charge in [0.1, 0.15) is 5.82 Å². The molecule has 2 N–H and O–H groups in total. The lowest BCUT2D eigenvalue weighted by Crippen LogP contribution is -2.39. The number of piperidine rings is 1. The zero-order valence-corrected chi connectivity index (χ0v) is 15.4. The highest BCUT2D eigenvalue weighted by atomic mass is 19.1. The van der Waals surface area contributed by atoms with Crippen molar-refractivity contribution >= 4 is 17.0 Å². The first-order valence-corrected chi connectivity index (χ1v) is 9.15. The van der Waals surface area contributed by atoms with Gasteiger partial charge < -0.3 is 19.5 Å². The number of aromatic amines is 1. The molecule has 10 heteroatoms. The van der Waals surface area contributed by atoms with Crippen LogP contribution in [0, 0.1) is 5.82 Å². The van der Waals surface area contributed by atoms with Gasteiger partial charge in [0.05, 0.1) is 24.4 Å². The number of nitrogens with one attached hydrogen (secondary N) is 2. The van der Waals surface area contributed by atoms with E-state index in [1.54, 1.807) is 12.3 Å². The third-order valence-electron chi connectivity index (χ3n) is 5.06. The molecule has 0 bridgehead atoms. The molecule has 0 radical (unpaired) electrons. The molecular weight excluding hydrogens is 367 g/mol. The molecule has 2 aromatic heterocycles. The van der Waals surface area contributed by atoms with Gasteiger partial charge in [0.25, 0.3) is 0 Å². The summed E-state index contributed by atoms with van der Waals surface area (Å²) in [6.07, 6.45) is 2.86. The Bertz CT molecular complexity index is 963. The van der Waals surface area contributed by atoms with Crippen molar-refractivity contribution < 1.29 is 18.4 Å². The lowest BCUT2D eigenvalue weighted by atomic mass is 9.97. The molecule has 148 valence electrons. The van der Waals surface area contributed by atoms with Gasteiger partial charge in [-0.3, -0.25) is 5.10 Å². The van der Waals surface area contributed by atoms with E-state index in [4.69, 9.17) is 4.52 Å². The summed E-state index contributed by atoms with van der Waals surface area (Å²) in [6.45, 7) is 3.01. The standard InChI is InChI=1S/C18H21FN6O3/c1-27-18(26)20-6-9-25-7-4-11(5-8-25)17-22-16(24-28-17)15-12-10-21-23-14(12)3-2-13(15)19/h2-3,10-11H,4-9H2,1H3,(H,20,26)(H,21,23). The summed E-state index contributed by atoms with van der Waals surface area (Å²) in [4.78, 5) is 17.8. The number of rotatable bonds is 5. The third-order valence-corrected chi connectivity index (χ3v) is 5.06. The molecule has 9 nitrogen and oxygen atoms in total. The minimum Gasteiger partial charge on any atom is -0.453 e. The van der Waals surface area contributed by atoms with Gasteiger partial charge in [-0.2, -0.15) is 10.1 Å². The highest BCUT2D eigenvalue weighted by Crippen LogP contribution is 2.32. The predicted octanol–water partition coefficient (Wildman–Crippen LogP) is 2.29. The molecule has 1 aliphatic heterocycles. The normalized spacial score (nSPS) is 15.8. The molecule has 1 fully saturated rings. The molecule has 28 heavy (non-hydrogen) atoms. The van der Waals surface area contributed by atoms with E-state index in [1.165, 1.54) is 13.2 Å². The first kappa shape index (κ1) is 18.4. The minimum atomic E-state index is -0.423. The predicted molar refractivity (Wildman–Crippen MR) is 98.2 cm³/mol. The van der Waals surface area contributed by atoms with Crippen molar-refractivity contribution in [2.24, 2.45) is 0 Å². The van der Waals surface area contributed by atoms with E-state index in [0.29, 0.717) is 23.4 Å². The van der Waals surface area contributed by atoms with Crippen LogP contribution in [0.1, 0.15) is 24.7 Å². The number of methoxy groups -OCH3 is 1.